The molecule has 3 heterocycles. The van der Waals surface area contributed by atoms with Crippen molar-refractivity contribution < 1.29 is 0 Å². The van der Waals surface area contributed by atoms with Gasteiger partial charge >= 0.3 is 0 Å². The third-order valence-electron chi connectivity index (χ3n) is 4.17. The van der Waals surface area contributed by atoms with E-state index in [-0.39, 0.29) is 0 Å². The summed E-state index contributed by atoms with van der Waals surface area (Å²) in [4.78, 5) is 4.62. The zero-order valence-corrected chi connectivity index (χ0v) is 12.2. The lowest BCUT2D eigenvalue weighted by atomic mass is 10.0. The monoisotopic (exact) mass is 272 g/mol. The van der Waals surface area contributed by atoms with E-state index in [0.29, 0.717) is 0 Å². The van der Waals surface area contributed by atoms with Crippen LogP contribution in [0, 0.1) is 13.8 Å². The van der Waals surface area contributed by atoms with Crippen LogP contribution in [0.5, 0.6) is 0 Å². The van der Waals surface area contributed by atoms with Gasteiger partial charge in [-0.1, -0.05) is 18.2 Å². The van der Waals surface area contributed by atoms with E-state index in [1.165, 1.54) is 33.0 Å². The molecule has 2 nitrogen and oxygen atoms in total. The molecule has 0 saturated carbocycles. The first-order chi connectivity index (χ1) is 10.2. The molecule has 0 radical (unpaired) electrons. The van der Waals surface area contributed by atoms with E-state index in [1.807, 2.05) is 6.20 Å². The van der Waals surface area contributed by atoms with Gasteiger partial charge in [-0.25, -0.2) is 0 Å². The number of aromatic nitrogens is 2. The molecular weight excluding hydrogens is 256 g/mol. The highest BCUT2D eigenvalue weighted by Gasteiger charge is 2.07. The maximum atomic E-state index is 4.62. The molecule has 0 atom stereocenters. The topological polar surface area (TPSA) is 17.3 Å². The second-order valence-corrected chi connectivity index (χ2v) is 5.58. The van der Waals surface area contributed by atoms with E-state index in [9.17, 15) is 0 Å². The molecule has 0 fully saturated rings. The lowest BCUT2D eigenvalue weighted by Gasteiger charge is -2.09. The predicted molar refractivity (Wildman–Crippen MR) is 87.6 cm³/mol. The molecular formula is C19H16N2. The van der Waals surface area contributed by atoms with Gasteiger partial charge < -0.3 is 4.40 Å². The summed E-state index contributed by atoms with van der Waals surface area (Å²) in [5, 5.41) is 2.48. The number of benzene rings is 1. The highest BCUT2D eigenvalue weighted by Crippen LogP contribution is 2.29. The minimum atomic E-state index is 1.04. The molecule has 0 spiro atoms. The van der Waals surface area contributed by atoms with Crippen LogP contribution in [-0.2, 0) is 0 Å². The van der Waals surface area contributed by atoms with Gasteiger partial charge in [-0.3, -0.25) is 4.98 Å². The Balaban J connectivity index is 2.04. The molecule has 0 N–H and O–H groups in total. The molecule has 1 aromatic carbocycles. The minimum absolute atomic E-state index is 1.04. The van der Waals surface area contributed by atoms with Gasteiger partial charge in [0.15, 0.2) is 0 Å². The average Bonchev–Trinajstić information content (AvgIpc) is 2.94. The van der Waals surface area contributed by atoms with Crippen molar-refractivity contribution in [1.29, 1.82) is 0 Å². The van der Waals surface area contributed by atoms with Crippen molar-refractivity contribution in [3.05, 3.63) is 72.2 Å². The fourth-order valence-corrected chi connectivity index (χ4v) is 2.79. The van der Waals surface area contributed by atoms with E-state index >= 15 is 0 Å². The fourth-order valence-electron chi connectivity index (χ4n) is 2.79. The molecule has 0 amide bonds. The maximum absolute atomic E-state index is 4.62. The Kier molecular flexibility index (Phi) is 2.58. The fraction of sp³-hybridized carbons (Fsp3) is 0.105. The number of nitrogens with zero attached hydrogens (tertiary/aromatic N) is 2. The first-order valence-corrected chi connectivity index (χ1v) is 7.15. The first kappa shape index (κ1) is 12.2. The normalized spacial score (nSPS) is 11.3. The number of rotatable bonds is 1. The standard InChI is InChI=1S/C19H16N2/c1-13-9-19(20-11-14(13)2)17-7-3-5-15-10-16-6-4-8-21(16)12-18(15)17/h3-12H,1-2H3. The van der Waals surface area contributed by atoms with Crippen molar-refractivity contribution >= 4 is 16.3 Å². The SMILES string of the molecule is Cc1cnc(-c2cccc3cc4cccn4cc23)cc1C. The van der Waals surface area contributed by atoms with Crippen LogP contribution in [0.1, 0.15) is 11.1 Å². The molecule has 0 bridgehead atoms. The maximum Gasteiger partial charge on any atom is 0.0711 e. The quantitative estimate of drug-likeness (QED) is 0.488. The van der Waals surface area contributed by atoms with Gasteiger partial charge in [0.25, 0.3) is 0 Å². The van der Waals surface area contributed by atoms with Crippen molar-refractivity contribution in [2.75, 3.05) is 0 Å². The summed E-state index contributed by atoms with van der Waals surface area (Å²) in [5.41, 5.74) is 5.94. The zero-order valence-electron chi connectivity index (χ0n) is 12.2. The molecule has 3 aromatic heterocycles. The van der Waals surface area contributed by atoms with Gasteiger partial charge in [-0.05, 0) is 54.6 Å². The summed E-state index contributed by atoms with van der Waals surface area (Å²) < 4.78 is 2.16. The van der Waals surface area contributed by atoms with E-state index in [4.69, 9.17) is 0 Å². The summed E-state index contributed by atoms with van der Waals surface area (Å²) in [7, 11) is 0. The van der Waals surface area contributed by atoms with Gasteiger partial charge in [-0.2, -0.15) is 0 Å². The molecule has 0 aliphatic rings. The smallest absolute Gasteiger partial charge is 0.0711 e. The van der Waals surface area contributed by atoms with Crippen LogP contribution in [0.25, 0.3) is 27.5 Å². The summed E-state index contributed by atoms with van der Waals surface area (Å²) >= 11 is 0. The van der Waals surface area contributed by atoms with Crippen molar-refractivity contribution in [2.24, 2.45) is 0 Å². The van der Waals surface area contributed by atoms with Crippen LogP contribution in [0.15, 0.2) is 61.1 Å². The lowest BCUT2D eigenvalue weighted by Crippen LogP contribution is -1.91. The van der Waals surface area contributed by atoms with Crippen LogP contribution >= 0.6 is 0 Å². The highest BCUT2D eigenvalue weighted by atomic mass is 14.8. The number of hydrogen-bond donors (Lipinski definition) is 0. The van der Waals surface area contributed by atoms with Gasteiger partial charge in [-0.15, -0.1) is 0 Å². The average molecular weight is 272 g/mol. The Labute approximate surface area is 123 Å². The van der Waals surface area contributed by atoms with Gasteiger partial charge in [0, 0.05) is 35.1 Å². The summed E-state index contributed by atoms with van der Waals surface area (Å²) in [6.45, 7) is 4.23. The van der Waals surface area contributed by atoms with Gasteiger partial charge in [0.2, 0.25) is 0 Å². The molecule has 4 rings (SSSR count). The Hall–Kier alpha value is -2.61. The molecule has 102 valence electrons. The predicted octanol–water partition coefficient (Wildman–Crippen LogP) is 4.77. The Bertz CT molecular complexity index is 964. The van der Waals surface area contributed by atoms with E-state index in [1.54, 1.807) is 0 Å². The Morgan fingerprint density at radius 3 is 2.71 bits per heavy atom. The third-order valence-corrected chi connectivity index (χ3v) is 4.17. The Morgan fingerprint density at radius 2 is 1.86 bits per heavy atom. The molecule has 21 heavy (non-hydrogen) atoms. The molecule has 0 aliphatic carbocycles. The van der Waals surface area contributed by atoms with Gasteiger partial charge in [0.1, 0.15) is 0 Å². The second kappa shape index (κ2) is 4.45. The van der Waals surface area contributed by atoms with E-state index in [0.717, 1.165) is 5.69 Å². The number of pyridine rings is 2. The van der Waals surface area contributed by atoms with Crippen LogP contribution in [-0.4, -0.2) is 9.38 Å². The molecule has 0 unspecified atom stereocenters. The minimum Gasteiger partial charge on any atom is -0.323 e. The van der Waals surface area contributed by atoms with E-state index < -0.39 is 0 Å². The largest absolute Gasteiger partial charge is 0.323 e. The Morgan fingerprint density at radius 1 is 0.952 bits per heavy atom. The number of fused-ring (bicyclic) bond motifs is 2. The third kappa shape index (κ3) is 1.91. The second-order valence-electron chi connectivity index (χ2n) is 5.58. The van der Waals surface area contributed by atoms with Crippen LogP contribution < -0.4 is 0 Å². The summed E-state index contributed by atoms with van der Waals surface area (Å²) in [6, 6.07) is 15.0. The van der Waals surface area contributed by atoms with Crippen LogP contribution in [0.3, 0.4) is 0 Å². The van der Waals surface area contributed by atoms with Crippen molar-refractivity contribution in [3.8, 4) is 11.3 Å². The molecule has 2 heteroatoms. The lowest BCUT2D eigenvalue weighted by molar-refractivity contribution is 1.21. The van der Waals surface area contributed by atoms with E-state index in [2.05, 4.69) is 78.1 Å². The zero-order chi connectivity index (χ0) is 14.4. The number of hydrogen-bond acceptors (Lipinski definition) is 1. The highest BCUT2D eigenvalue weighted by molar-refractivity contribution is 5.97. The molecule has 0 aliphatic heterocycles. The first-order valence-electron chi connectivity index (χ1n) is 7.15. The van der Waals surface area contributed by atoms with Gasteiger partial charge in [0.05, 0.1) is 5.69 Å². The van der Waals surface area contributed by atoms with Crippen LogP contribution in [0.4, 0.5) is 0 Å². The summed E-state index contributed by atoms with van der Waals surface area (Å²) in [5.74, 6) is 0. The van der Waals surface area contributed by atoms with Crippen LogP contribution in [0.2, 0.25) is 0 Å². The number of aryl methyl sites for hydroxylation is 2. The molecule has 0 saturated heterocycles. The van der Waals surface area contributed by atoms with Crippen molar-refractivity contribution in [2.45, 2.75) is 13.8 Å². The van der Waals surface area contributed by atoms with Crippen molar-refractivity contribution in [1.82, 2.24) is 9.38 Å². The molecule has 4 aromatic rings. The summed E-state index contributed by atoms with van der Waals surface area (Å²) in [6.07, 6.45) is 6.23. The van der Waals surface area contributed by atoms with Crippen molar-refractivity contribution in [3.63, 3.8) is 0 Å².